The van der Waals surface area contributed by atoms with Crippen LogP contribution in [0.5, 0.6) is 0 Å². The summed E-state index contributed by atoms with van der Waals surface area (Å²) >= 11 is 5.52. The molecule has 0 spiro atoms. The lowest BCUT2D eigenvalue weighted by Crippen LogP contribution is -2.23. The molecule has 0 fully saturated rings. The van der Waals surface area contributed by atoms with E-state index >= 15 is 0 Å². The average Bonchev–Trinajstić information content (AvgIpc) is 2.09. The quantitative estimate of drug-likeness (QED) is 0.814. The molecule has 0 unspecified atom stereocenters. The Bertz CT molecular complexity index is 327. The second-order valence-corrected chi connectivity index (χ2v) is 4.58. The maximum atomic E-state index is 11.5. The molecule has 1 amide bonds. The van der Waals surface area contributed by atoms with E-state index in [2.05, 4.69) is 43.8 Å². The molecule has 0 aliphatic rings. The van der Waals surface area contributed by atoms with Gasteiger partial charge in [-0.3, -0.25) is 4.79 Å². The second kappa shape index (κ2) is 4.95. The summed E-state index contributed by atoms with van der Waals surface area (Å²) in [4.78, 5) is 11.5. The van der Waals surface area contributed by atoms with Crippen molar-refractivity contribution < 1.29 is 4.79 Å². The van der Waals surface area contributed by atoms with Gasteiger partial charge in [-0.2, -0.15) is 0 Å². The lowest BCUT2D eigenvalue weighted by molar-refractivity contribution is 0.0955. The van der Waals surface area contributed by atoms with Gasteiger partial charge in [0, 0.05) is 14.6 Å². The van der Waals surface area contributed by atoms with E-state index in [4.69, 9.17) is 0 Å². The minimum Gasteiger partial charge on any atom is -0.352 e. The number of rotatable bonds is 2. The SMILES string of the molecule is CCNC(=O)c1cc(I)ccc1Br. The summed E-state index contributed by atoms with van der Waals surface area (Å²) in [7, 11) is 0. The van der Waals surface area contributed by atoms with E-state index in [1.807, 2.05) is 25.1 Å². The molecule has 0 aliphatic heterocycles. The maximum Gasteiger partial charge on any atom is 0.252 e. The van der Waals surface area contributed by atoms with Gasteiger partial charge >= 0.3 is 0 Å². The molecule has 1 aromatic rings. The fraction of sp³-hybridized carbons (Fsp3) is 0.222. The molecule has 1 aromatic carbocycles. The van der Waals surface area contributed by atoms with Crippen molar-refractivity contribution in [3.05, 3.63) is 31.8 Å². The summed E-state index contributed by atoms with van der Waals surface area (Å²) < 4.78 is 1.89. The van der Waals surface area contributed by atoms with Crippen LogP contribution in [0, 0.1) is 3.57 Å². The normalized spacial score (nSPS) is 9.77. The Labute approximate surface area is 99.4 Å². The smallest absolute Gasteiger partial charge is 0.252 e. The first-order valence-corrected chi connectivity index (χ1v) is 5.75. The minimum absolute atomic E-state index is 0.0344. The Morgan fingerprint density at radius 2 is 2.31 bits per heavy atom. The number of benzene rings is 1. The molecular weight excluding hydrogens is 345 g/mol. The number of carbonyl (C=O) groups is 1. The number of nitrogens with one attached hydrogen (secondary N) is 1. The molecule has 0 saturated carbocycles. The Balaban J connectivity index is 2.99. The van der Waals surface area contributed by atoms with Gasteiger partial charge in [-0.25, -0.2) is 0 Å². The monoisotopic (exact) mass is 353 g/mol. The van der Waals surface area contributed by atoms with Crippen LogP contribution in [0.2, 0.25) is 0 Å². The largest absolute Gasteiger partial charge is 0.352 e. The van der Waals surface area contributed by atoms with Gasteiger partial charge in [0.25, 0.3) is 5.91 Å². The molecule has 1 N–H and O–H groups in total. The van der Waals surface area contributed by atoms with E-state index in [0.29, 0.717) is 12.1 Å². The lowest BCUT2D eigenvalue weighted by Gasteiger charge is -2.04. The fourth-order valence-electron chi connectivity index (χ4n) is 0.927. The van der Waals surface area contributed by atoms with E-state index < -0.39 is 0 Å². The third-order valence-corrected chi connectivity index (χ3v) is 2.87. The molecule has 1 rings (SSSR count). The first-order chi connectivity index (χ1) is 6.15. The highest BCUT2D eigenvalue weighted by atomic mass is 127. The van der Waals surface area contributed by atoms with Crippen LogP contribution in [0.4, 0.5) is 0 Å². The summed E-state index contributed by atoms with van der Waals surface area (Å²) in [6.45, 7) is 2.55. The summed E-state index contributed by atoms with van der Waals surface area (Å²) in [6.07, 6.45) is 0. The van der Waals surface area contributed by atoms with E-state index in [1.165, 1.54) is 0 Å². The van der Waals surface area contributed by atoms with Gasteiger partial charge in [0.15, 0.2) is 0 Å². The van der Waals surface area contributed by atoms with Gasteiger partial charge in [0.1, 0.15) is 0 Å². The summed E-state index contributed by atoms with van der Waals surface area (Å²) in [5.74, 6) is -0.0344. The van der Waals surface area contributed by atoms with E-state index in [9.17, 15) is 4.79 Å². The van der Waals surface area contributed by atoms with Gasteiger partial charge in [0.05, 0.1) is 5.56 Å². The van der Waals surface area contributed by atoms with Crippen LogP contribution in [-0.2, 0) is 0 Å². The first-order valence-electron chi connectivity index (χ1n) is 3.88. The Morgan fingerprint density at radius 3 is 2.92 bits per heavy atom. The van der Waals surface area contributed by atoms with Crippen LogP contribution < -0.4 is 5.32 Å². The molecular formula is C9H9BrINO. The molecule has 2 nitrogen and oxygen atoms in total. The number of halogens is 2. The first kappa shape index (κ1) is 11.0. The van der Waals surface area contributed by atoms with Crippen molar-refractivity contribution in [1.29, 1.82) is 0 Å². The van der Waals surface area contributed by atoms with Gasteiger partial charge in [0.2, 0.25) is 0 Å². The molecule has 0 bridgehead atoms. The van der Waals surface area contributed by atoms with Gasteiger partial charge in [-0.05, 0) is 63.6 Å². The van der Waals surface area contributed by atoms with Crippen molar-refractivity contribution in [3.8, 4) is 0 Å². The number of carbonyl (C=O) groups excluding carboxylic acids is 1. The van der Waals surface area contributed by atoms with Crippen LogP contribution in [0.15, 0.2) is 22.7 Å². The van der Waals surface area contributed by atoms with E-state index in [-0.39, 0.29) is 5.91 Å². The second-order valence-electron chi connectivity index (χ2n) is 2.48. The zero-order valence-electron chi connectivity index (χ0n) is 7.10. The van der Waals surface area contributed by atoms with Crippen molar-refractivity contribution >= 4 is 44.4 Å². The molecule has 0 atom stereocenters. The molecule has 0 radical (unpaired) electrons. The highest BCUT2D eigenvalue weighted by Crippen LogP contribution is 2.19. The molecule has 0 aliphatic carbocycles. The fourth-order valence-corrected chi connectivity index (χ4v) is 1.85. The highest BCUT2D eigenvalue weighted by Gasteiger charge is 2.08. The molecule has 0 heterocycles. The summed E-state index contributed by atoms with van der Waals surface area (Å²) in [5.41, 5.74) is 0.689. The lowest BCUT2D eigenvalue weighted by atomic mass is 10.2. The standard InChI is InChI=1S/C9H9BrINO/c1-2-12-9(13)7-5-6(11)3-4-8(7)10/h3-5H,2H2,1H3,(H,12,13). The number of amides is 1. The number of hydrogen-bond donors (Lipinski definition) is 1. The van der Waals surface area contributed by atoms with Crippen molar-refractivity contribution in [2.75, 3.05) is 6.54 Å². The highest BCUT2D eigenvalue weighted by molar-refractivity contribution is 14.1. The molecule has 4 heteroatoms. The zero-order valence-corrected chi connectivity index (χ0v) is 10.8. The molecule has 0 aromatic heterocycles. The van der Waals surface area contributed by atoms with Crippen molar-refractivity contribution in [2.24, 2.45) is 0 Å². The van der Waals surface area contributed by atoms with Crippen molar-refractivity contribution in [2.45, 2.75) is 6.92 Å². The predicted octanol–water partition coefficient (Wildman–Crippen LogP) is 2.80. The van der Waals surface area contributed by atoms with Gasteiger partial charge < -0.3 is 5.32 Å². The van der Waals surface area contributed by atoms with Crippen LogP contribution in [0.3, 0.4) is 0 Å². The average molecular weight is 354 g/mol. The van der Waals surface area contributed by atoms with Gasteiger partial charge in [-0.15, -0.1) is 0 Å². The Morgan fingerprint density at radius 1 is 1.62 bits per heavy atom. The third kappa shape index (κ3) is 2.95. The number of hydrogen-bond acceptors (Lipinski definition) is 1. The Hall–Kier alpha value is -0.100. The van der Waals surface area contributed by atoms with Crippen LogP contribution in [0.25, 0.3) is 0 Å². The molecule has 70 valence electrons. The third-order valence-electron chi connectivity index (χ3n) is 1.51. The van der Waals surface area contributed by atoms with E-state index in [1.54, 1.807) is 0 Å². The molecule has 0 saturated heterocycles. The maximum absolute atomic E-state index is 11.5. The van der Waals surface area contributed by atoms with Crippen LogP contribution >= 0.6 is 38.5 Å². The summed E-state index contributed by atoms with van der Waals surface area (Å²) in [6, 6.07) is 5.69. The van der Waals surface area contributed by atoms with E-state index in [0.717, 1.165) is 8.04 Å². The minimum atomic E-state index is -0.0344. The van der Waals surface area contributed by atoms with Gasteiger partial charge in [-0.1, -0.05) is 0 Å². The van der Waals surface area contributed by atoms with Crippen LogP contribution in [0.1, 0.15) is 17.3 Å². The van der Waals surface area contributed by atoms with Crippen molar-refractivity contribution in [1.82, 2.24) is 5.32 Å². The summed E-state index contributed by atoms with van der Waals surface area (Å²) in [5, 5.41) is 2.76. The zero-order chi connectivity index (χ0) is 9.84. The topological polar surface area (TPSA) is 29.1 Å². The van der Waals surface area contributed by atoms with Crippen molar-refractivity contribution in [3.63, 3.8) is 0 Å². The molecule has 13 heavy (non-hydrogen) atoms. The van der Waals surface area contributed by atoms with Crippen LogP contribution in [-0.4, -0.2) is 12.5 Å². The Kier molecular flexibility index (Phi) is 4.18. The predicted molar refractivity (Wildman–Crippen MR) is 64.9 cm³/mol.